The molecule has 0 unspecified atom stereocenters. The van der Waals surface area contributed by atoms with E-state index < -0.39 is 0 Å². The van der Waals surface area contributed by atoms with Gasteiger partial charge in [0, 0.05) is 11.4 Å². The molecule has 4 nitrogen and oxygen atoms in total. The first-order valence-electron chi connectivity index (χ1n) is 8.53. The summed E-state index contributed by atoms with van der Waals surface area (Å²) in [5.74, 6) is 0.686. The van der Waals surface area contributed by atoms with Crippen molar-refractivity contribution < 1.29 is 9.53 Å². The number of benzene rings is 2. The summed E-state index contributed by atoms with van der Waals surface area (Å²) in [5.41, 5.74) is 3.37. The number of ether oxygens (including phenoxy) is 1. The van der Waals surface area contributed by atoms with E-state index in [0.29, 0.717) is 18.7 Å². The van der Waals surface area contributed by atoms with Crippen LogP contribution in [0.4, 0.5) is 0 Å². The lowest BCUT2D eigenvalue weighted by atomic mass is 10.2. The molecule has 0 saturated carbocycles. The van der Waals surface area contributed by atoms with Gasteiger partial charge in [0.05, 0.1) is 29.7 Å². The largest absolute Gasteiger partial charge is 0.462 e. The van der Waals surface area contributed by atoms with E-state index >= 15 is 0 Å². The number of fused-ring (bicyclic) bond motifs is 1. The maximum absolute atomic E-state index is 12.1. The number of nitrogens with zero attached hydrogens (tertiary/aromatic N) is 2. The fourth-order valence-electron chi connectivity index (χ4n) is 2.90. The molecule has 5 heteroatoms. The molecule has 1 heterocycles. The third-order valence-electron chi connectivity index (χ3n) is 4.10. The number of esters is 1. The summed E-state index contributed by atoms with van der Waals surface area (Å²) in [6, 6.07) is 13.3. The van der Waals surface area contributed by atoms with E-state index in [2.05, 4.69) is 11.5 Å². The fourth-order valence-corrected chi connectivity index (χ4v) is 3.10. The molecule has 0 amide bonds. The van der Waals surface area contributed by atoms with E-state index in [1.807, 2.05) is 36.4 Å². The Morgan fingerprint density at radius 2 is 2.00 bits per heavy atom. The van der Waals surface area contributed by atoms with Crippen molar-refractivity contribution in [3.8, 4) is 0 Å². The maximum Gasteiger partial charge on any atom is 0.338 e. The number of rotatable bonds is 6. The first kappa shape index (κ1) is 17.5. The number of halogens is 1. The van der Waals surface area contributed by atoms with Crippen LogP contribution in [0.15, 0.2) is 42.5 Å². The number of carbonyl (C=O) groups is 1. The molecule has 0 radical (unpaired) electrons. The molecule has 2 aromatic carbocycles. The summed E-state index contributed by atoms with van der Waals surface area (Å²) >= 11 is 6.34. The van der Waals surface area contributed by atoms with Crippen molar-refractivity contribution in [2.75, 3.05) is 6.61 Å². The van der Waals surface area contributed by atoms with Crippen LogP contribution in [0.25, 0.3) is 11.0 Å². The molecular formula is C20H21ClN2O2. The highest BCUT2D eigenvalue weighted by atomic mass is 35.5. The highest BCUT2D eigenvalue weighted by Crippen LogP contribution is 2.23. The van der Waals surface area contributed by atoms with E-state index in [1.54, 1.807) is 13.0 Å². The van der Waals surface area contributed by atoms with Gasteiger partial charge < -0.3 is 9.30 Å². The predicted octanol–water partition coefficient (Wildman–Crippen LogP) is 4.87. The van der Waals surface area contributed by atoms with Crippen molar-refractivity contribution in [3.05, 3.63) is 64.4 Å². The van der Waals surface area contributed by atoms with Crippen molar-refractivity contribution in [2.24, 2.45) is 0 Å². The minimum Gasteiger partial charge on any atom is -0.462 e. The van der Waals surface area contributed by atoms with Crippen LogP contribution in [0.1, 0.15) is 42.0 Å². The van der Waals surface area contributed by atoms with Gasteiger partial charge >= 0.3 is 5.97 Å². The zero-order valence-electron chi connectivity index (χ0n) is 14.5. The lowest BCUT2D eigenvalue weighted by Crippen LogP contribution is -2.07. The average Bonchev–Trinajstić information content (AvgIpc) is 2.94. The molecule has 3 aromatic rings. The first-order chi connectivity index (χ1) is 12.1. The number of imidazole rings is 1. The molecule has 0 N–H and O–H groups in total. The number of aryl methyl sites for hydroxylation is 1. The van der Waals surface area contributed by atoms with Crippen LogP contribution in [0, 0.1) is 0 Å². The molecular weight excluding hydrogens is 336 g/mol. The van der Waals surface area contributed by atoms with Crippen molar-refractivity contribution in [3.63, 3.8) is 0 Å². The lowest BCUT2D eigenvalue weighted by Gasteiger charge is -2.11. The Balaban J connectivity index is 2.09. The summed E-state index contributed by atoms with van der Waals surface area (Å²) in [6.07, 6.45) is 1.87. The van der Waals surface area contributed by atoms with E-state index in [9.17, 15) is 4.79 Å². The van der Waals surface area contributed by atoms with Crippen LogP contribution < -0.4 is 0 Å². The molecule has 0 aliphatic rings. The van der Waals surface area contributed by atoms with Gasteiger partial charge in [-0.2, -0.15) is 0 Å². The van der Waals surface area contributed by atoms with E-state index in [1.165, 1.54) is 0 Å². The van der Waals surface area contributed by atoms with Gasteiger partial charge in [-0.1, -0.05) is 36.7 Å². The standard InChI is InChI=1S/C20H21ClN2O2/c1-3-7-19-22-17-11-10-14(20(24)25-4-2)12-18(17)23(19)13-15-8-5-6-9-16(15)21/h5-6,8-12H,3-4,7,13H2,1-2H3. The topological polar surface area (TPSA) is 44.1 Å². The number of hydrogen-bond donors (Lipinski definition) is 0. The van der Waals surface area contributed by atoms with Gasteiger partial charge in [-0.25, -0.2) is 9.78 Å². The number of hydrogen-bond acceptors (Lipinski definition) is 3. The minimum atomic E-state index is -0.313. The van der Waals surface area contributed by atoms with Crippen molar-refractivity contribution in [1.82, 2.24) is 9.55 Å². The molecule has 0 fully saturated rings. The quantitative estimate of drug-likeness (QED) is 0.592. The Morgan fingerprint density at radius 3 is 2.72 bits per heavy atom. The number of carbonyl (C=O) groups excluding carboxylic acids is 1. The summed E-state index contributed by atoms with van der Waals surface area (Å²) in [4.78, 5) is 16.8. The highest BCUT2D eigenvalue weighted by molar-refractivity contribution is 6.31. The molecule has 3 rings (SSSR count). The Hall–Kier alpha value is -2.33. The molecule has 0 atom stereocenters. The summed E-state index contributed by atoms with van der Waals surface area (Å²) in [7, 11) is 0. The summed E-state index contributed by atoms with van der Waals surface area (Å²) in [5, 5.41) is 0.730. The monoisotopic (exact) mass is 356 g/mol. The second-order valence-corrected chi connectivity index (χ2v) is 6.29. The Kier molecular flexibility index (Phi) is 5.39. The second kappa shape index (κ2) is 7.70. The van der Waals surface area contributed by atoms with Crippen molar-refractivity contribution in [1.29, 1.82) is 0 Å². The maximum atomic E-state index is 12.1. The Labute approximate surface area is 152 Å². The van der Waals surface area contributed by atoms with Crippen LogP contribution in [0.5, 0.6) is 0 Å². The third-order valence-corrected chi connectivity index (χ3v) is 4.47. The first-order valence-corrected chi connectivity index (χ1v) is 8.91. The van der Waals surface area contributed by atoms with Gasteiger partial charge in [-0.15, -0.1) is 0 Å². The second-order valence-electron chi connectivity index (χ2n) is 5.88. The SMILES string of the molecule is CCCc1nc2ccc(C(=O)OCC)cc2n1Cc1ccccc1Cl. The molecule has 0 bridgehead atoms. The zero-order chi connectivity index (χ0) is 17.8. The zero-order valence-corrected chi connectivity index (χ0v) is 15.2. The Morgan fingerprint density at radius 1 is 1.20 bits per heavy atom. The van der Waals surface area contributed by atoms with E-state index in [4.69, 9.17) is 21.3 Å². The minimum absolute atomic E-state index is 0.313. The van der Waals surface area contributed by atoms with Gasteiger partial charge in [0.2, 0.25) is 0 Å². The smallest absolute Gasteiger partial charge is 0.338 e. The molecule has 0 aliphatic heterocycles. The van der Waals surface area contributed by atoms with Crippen LogP contribution in [0.3, 0.4) is 0 Å². The predicted molar refractivity (Wildman–Crippen MR) is 100 cm³/mol. The average molecular weight is 357 g/mol. The van der Waals surface area contributed by atoms with Crippen LogP contribution in [0.2, 0.25) is 5.02 Å². The van der Waals surface area contributed by atoms with Crippen molar-refractivity contribution >= 4 is 28.6 Å². The number of aromatic nitrogens is 2. The van der Waals surface area contributed by atoms with Gasteiger partial charge in [0.25, 0.3) is 0 Å². The molecule has 1 aromatic heterocycles. The lowest BCUT2D eigenvalue weighted by molar-refractivity contribution is 0.0526. The summed E-state index contributed by atoms with van der Waals surface area (Å²) in [6.45, 7) is 4.91. The summed E-state index contributed by atoms with van der Waals surface area (Å²) < 4.78 is 7.26. The van der Waals surface area contributed by atoms with Gasteiger partial charge in [-0.05, 0) is 43.2 Å². The normalized spacial score (nSPS) is 11.0. The van der Waals surface area contributed by atoms with Gasteiger partial charge in [0.1, 0.15) is 5.82 Å². The molecule has 25 heavy (non-hydrogen) atoms. The van der Waals surface area contributed by atoms with Crippen LogP contribution in [-0.2, 0) is 17.7 Å². The van der Waals surface area contributed by atoms with E-state index in [0.717, 1.165) is 40.3 Å². The van der Waals surface area contributed by atoms with Gasteiger partial charge in [0.15, 0.2) is 0 Å². The molecule has 0 saturated heterocycles. The van der Waals surface area contributed by atoms with Crippen LogP contribution in [-0.4, -0.2) is 22.1 Å². The van der Waals surface area contributed by atoms with Gasteiger partial charge in [-0.3, -0.25) is 0 Å². The third kappa shape index (κ3) is 3.69. The van der Waals surface area contributed by atoms with E-state index in [-0.39, 0.29) is 5.97 Å². The molecule has 0 spiro atoms. The Bertz CT molecular complexity index is 902. The van der Waals surface area contributed by atoms with Crippen molar-refractivity contribution in [2.45, 2.75) is 33.2 Å². The molecule has 130 valence electrons. The van der Waals surface area contributed by atoms with Crippen LogP contribution >= 0.6 is 11.6 Å². The fraction of sp³-hybridized carbons (Fsp3) is 0.300. The highest BCUT2D eigenvalue weighted by Gasteiger charge is 2.15. The molecule has 0 aliphatic carbocycles.